The SMILES string of the molecule is Cc1nn(-c2ccccc2)cc1C(N)=S. The van der Waals surface area contributed by atoms with E-state index in [1.54, 1.807) is 4.68 Å². The number of para-hydroxylation sites is 1. The molecule has 0 bridgehead atoms. The molecule has 1 heterocycles. The number of hydrogen-bond donors (Lipinski definition) is 1. The molecule has 0 atom stereocenters. The zero-order valence-corrected chi connectivity index (χ0v) is 9.16. The third-order valence-electron chi connectivity index (χ3n) is 2.19. The molecule has 2 N–H and O–H groups in total. The third kappa shape index (κ3) is 1.89. The van der Waals surface area contributed by atoms with E-state index in [-0.39, 0.29) is 0 Å². The molecule has 0 saturated carbocycles. The van der Waals surface area contributed by atoms with Gasteiger partial charge >= 0.3 is 0 Å². The summed E-state index contributed by atoms with van der Waals surface area (Å²) in [5.74, 6) is 0. The molecule has 0 aliphatic carbocycles. The van der Waals surface area contributed by atoms with Gasteiger partial charge in [-0.25, -0.2) is 4.68 Å². The number of benzene rings is 1. The van der Waals surface area contributed by atoms with Crippen molar-refractivity contribution in [2.75, 3.05) is 0 Å². The van der Waals surface area contributed by atoms with E-state index in [1.165, 1.54) is 0 Å². The van der Waals surface area contributed by atoms with Gasteiger partial charge < -0.3 is 5.73 Å². The highest BCUT2D eigenvalue weighted by molar-refractivity contribution is 7.80. The predicted molar refractivity (Wildman–Crippen MR) is 64.2 cm³/mol. The Kier molecular flexibility index (Phi) is 2.51. The molecule has 0 unspecified atom stereocenters. The molecule has 2 aromatic rings. The Hall–Kier alpha value is -1.68. The molecule has 0 radical (unpaired) electrons. The van der Waals surface area contributed by atoms with Crippen molar-refractivity contribution in [3.05, 3.63) is 47.8 Å². The van der Waals surface area contributed by atoms with Gasteiger partial charge in [0.2, 0.25) is 0 Å². The Morgan fingerprint density at radius 1 is 1.33 bits per heavy atom. The van der Waals surface area contributed by atoms with Crippen molar-refractivity contribution in [1.29, 1.82) is 0 Å². The van der Waals surface area contributed by atoms with Crippen molar-refractivity contribution in [3.8, 4) is 5.69 Å². The topological polar surface area (TPSA) is 43.8 Å². The number of nitrogens with zero attached hydrogens (tertiary/aromatic N) is 2. The molecule has 15 heavy (non-hydrogen) atoms. The molecule has 0 aliphatic rings. The molecule has 1 aromatic heterocycles. The van der Waals surface area contributed by atoms with Crippen LogP contribution in [0.2, 0.25) is 0 Å². The summed E-state index contributed by atoms with van der Waals surface area (Å²) in [7, 11) is 0. The molecular formula is C11H11N3S. The summed E-state index contributed by atoms with van der Waals surface area (Å²) in [6.07, 6.45) is 1.85. The summed E-state index contributed by atoms with van der Waals surface area (Å²) in [5, 5.41) is 4.35. The molecule has 0 aliphatic heterocycles. The normalized spacial score (nSPS) is 10.2. The number of hydrogen-bond acceptors (Lipinski definition) is 2. The lowest BCUT2D eigenvalue weighted by atomic mass is 10.3. The van der Waals surface area contributed by atoms with E-state index < -0.39 is 0 Å². The molecule has 0 amide bonds. The van der Waals surface area contributed by atoms with Crippen molar-refractivity contribution in [1.82, 2.24) is 9.78 Å². The molecule has 4 heteroatoms. The van der Waals surface area contributed by atoms with Crippen LogP contribution in [0.3, 0.4) is 0 Å². The molecule has 76 valence electrons. The van der Waals surface area contributed by atoms with Crippen LogP contribution in [0.4, 0.5) is 0 Å². The molecule has 0 spiro atoms. The lowest BCUT2D eigenvalue weighted by molar-refractivity contribution is 0.863. The first-order chi connectivity index (χ1) is 7.18. The predicted octanol–water partition coefficient (Wildman–Crippen LogP) is 1.81. The standard InChI is InChI=1S/C11H11N3S/c1-8-10(11(12)15)7-14(13-8)9-5-3-2-4-6-9/h2-7H,1H3,(H2,12,15). The van der Waals surface area contributed by atoms with Gasteiger partial charge in [-0.1, -0.05) is 30.4 Å². The highest BCUT2D eigenvalue weighted by Gasteiger charge is 2.07. The number of thiocarbonyl (C=S) groups is 1. The lowest BCUT2D eigenvalue weighted by Gasteiger charge is -1.98. The number of aryl methyl sites for hydroxylation is 1. The van der Waals surface area contributed by atoms with E-state index in [0.29, 0.717) is 4.99 Å². The van der Waals surface area contributed by atoms with Crippen LogP contribution in [-0.2, 0) is 0 Å². The fraction of sp³-hybridized carbons (Fsp3) is 0.0909. The van der Waals surface area contributed by atoms with Gasteiger partial charge in [0, 0.05) is 6.20 Å². The van der Waals surface area contributed by atoms with E-state index in [9.17, 15) is 0 Å². The first-order valence-corrected chi connectivity index (χ1v) is 5.01. The number of rotatable bonds is 2. The van der Waals surface area contributed by atoms with E-state index in [4.69, 9.17) is 18.0 Å². The average Bonchev–Trinajstić information content (AvgIpc) is 2.62. The van der Waals surface area contributed by atoms with E-state index >= 15 is 0 Å². The van der Waals surface area contributed by atoms with Crippen molar-refractivity contribution in [2.24, 2.45) is 5.73 Å². The minimum absolute atomic E-state index is 0.384. The fourth-order valence-corrected chi connectivity index (χ4v) is 1.62. The van der Waals surface area contributed by atoms with Crippen LogP contribution in [0.1, 0.15) is 11.3 Å². The summed E-state index contributed by atoms with van der Waals surface area (Å²) in [6, 6.07) is 9.86. The second-order valence-corrected chi connectivity index (χ2v) is 3.71. The maximum Gasteiger partial charge on any atom is 0.107 e. The van der Waals surface area contributed by atoms with Gasteiger partial charge in [-0.2, -0.15) is 5.10 Å². The monoisotopic (exact) mass is 217 g/mol. The Morgan fingerprint density at radius 3 is 2.53 bits per heavy atom. The maximum absolute atomic E-state index is 5.58. The van der Waals surface area contributed by atoms with Gasteiger partial charge in [0.1, 0.15) is 4.99 Å². The van der Waals surface area contributed by atoms with Gasteiger partial charge in [-0.05, 0) is 19.1 Å². The van der Waals surface area contributed by atoms with Crippen LogP contribution in [0, 0.1) is 6.92 Å². The Labute approximate surface area is 93.5 Å². The molecule has 0 saturated heterocycles. The lowest BCUT2D eigenvalue weighted by Crippen LogP contribution is -2.09. The van der Waals surface area contributed by atoms with Crippen molar-refractivity contribution in [3.63, 3.8) is 0 Å². The van der Waals surface area contributed by atoms with Gasteiger partial charge in [0.05, 0.1) is 16.9 Å². The van der Waals surface area contributed by atoms with Gasteiger partial charge in [0.25, 0.3) is 0 Å². The molecular weight excluding hydrogens is 206 g/mol. The molecule has 3 nitrogen and oxygen atoms in total. The highest BCUT2D eigenvalue weighted by atomic mass is 32.1. The quantitative estimate of drug-likeness (QED) is 0.780. The Morgan fingerprint density at radius 2 is 2.00 bits per heavy atom. The van der Waals surface area contributed by atoms with Gasteiger partial charge in [-0.3, -0.25) is 0 Å². The van der Waals surface area contributed by atoms with Crippen molar-refractivity contribution < 1.29 is 0 Å². The second kappa shape index (κ2) is 3.82. The Balaban J connectivity index is 2.48. The van der Waals surface area contributed by atoms with E-state index in [2.05, 4.69) is 5.10 Å². The first kappa shape index (κ1) is 9.86. The summed E-state index contributed by atoms with van der Waals surface area (Å²) in [4.78, 5) is 0.384. The van der Waals surface area contributed by atoms with Crippen LogP contribution in [-0.4, -0.2) is 14.8 Å². The Bertz CT molecular complexity index is 488. The summed E-state index contributed by atoms with van der Waals surface area (Å²) in [5.41, 5.74) is 8.27. The summed E-state index contributed by atoms with van der Waals surface area (Å²) < 4.78 is 1.78. The molecule has 1 aromatic carbocycles. The van der Waals surface area contributed by atoms with Gasteiger partial charge in [-0.15, -0.1) is 0 Å². The van der Waals surface area contributed by atoms with E-state index in [1.807, 2.05) is 43.5 Å². The zero-order chi connectivity index (χ0) is 10.8. The smallest absolute Gasteiger partial charge is 0.107 e. The first-order valence-electron chi connectivity index (χ1n) is 4.60. The van der Waals surface area contributed by atoms with Crippen LogP contribution in [0.5, 0.6) is 0 Å². The van der Waals surface area contributed by atoms with Crippen molar-refractivity contribution >= 4 is 17.2 Å². The average molecular weight is 217 g/mol. The summed E-state index contributed by atoms with van der Waals surface area (Å²) in [6.45, 7) is 1.90. The molecule has 0 fully saturated rings. The van der Waals surface area contributed by atoms with Crippen LogP contribution >= 0.6 is 12.2 Å². The van der Waals surface area contributed by atoms with E-state index in [0.717, 1.165) is 16.9 Å². The molecule has 2 rings (SSSR count). The highest BCUT2D eigenvalue weighted by Crippen LogP contribution is 2.11. The fourth-order valence-electron chi connectivity index (χ4n) is 1.41. The maximum atomic E-state index is 5.58. The number of nitrogens with two attached hydrogens (primary N) is 1. The zero-order valence-electron chi connectivity index (χ0n) is 8.34. The number of aromatic nitrogens is 2. The second-order valence-electron chi connectivity index (χ2n) is 3.27. The third-order valence-corrected chi connectivity index (χ3v) is 2.41. The largest absolute Gasteiger partial charge is 0.389 e. The van der Waals surface area contributed by atoms with Crippen LogP contribution in [0.25, 0.3) is 5.69 Å². The van der Waals surface area contributed by atoms with Crippen LogP contribution < -0.4 is 5.73 Å². The van der Waals surface area contributed by atoms with Crippen LogP contribution in [0.15, 0.2) is 36.5 Å². The minimum atomic E-state index is 0.384. The minimum Gasteiger partial charge on any atom is -0.389 e. The van der Waals surface area contributed by atoms with Gasteiger partial charge in [0.15, 0.2) is 0 Å². The van der Waals surface area contributed by atoms with Crippen molar-refractivity contribution in [2.45, 2.75) is 6.92 Å². The summed E-state index contributed by atoms with van der Waals surface area (Å²) >= 11 is 4.94.